The van der Waals surface area contributed by atoms with Gasteiger partial charge in [0.2, 0.25) is 0 Å². The van der Waals surface area contributed by atoms with E-state index in [1.54, 1.807) is 0 Å². The van der Waals surface area contributed by atoms with Crippen molar-refractivity contribution in [3.8, 4) is 0 Å². The highest BCUT2D eigenvalue weighted by Crippen LogP contribution is 2.47. The van der Waals surface area contributed by atoms with E-state index in [4.69, 9.17) is 18.5 Å². The number of esters is 2. The van der Waals surface area contributed by atoms with E-state index in [1.165, 1.54) is 38.5 Å². The second kappa shape index (κ2) is 34.9. The van der Waals surface area contributed by atoms with Crippen LogP contribution < -0.4 is 0 Å². The molecule has 0 aliphatic heterocycles. The third-order valence-electron chi connectivity index (χ3n) is 9.63. The van der Waals surface area contributed by atoms with Crippen molar-refractivity contribution in [2.24, 2.45) is 0 Å². The van der Waals surface area contributed by atoms with Crippen molar-refractivity contribution in [1.82, 2.24) is 0 Å². The molecule has 0 spiro atoms. The van der Waals surface area contributed by atoms with Gasteiger partial charge in [0, 0.05) is 12.8 Å². The van der Waals surface area contributed by atoms with Gasteiger partial charge in [-0.05, 0) is 64.2 Å². The number of aliphatic hydroxyl groups is 5. The molecule has 0 amide bonds. The van der Waals surface area contributed by atoms with Crippen LogP contribution in [-0.2, 0) is 32.7 Å². The van der Waals surface area contributed by atoms with Gasteiger partial charge in [0.1, 0.15) is 43.2 Å². The Morgan fingerprint density at radius 1 is 0.559 bits per heavy atom. The fraction of sp³-hybridized carbons (Fsp3) is 0.689. The molecule has 0 heterocycles. The van der Waals surface area contributed by atoms with Crippen LogP contribution in [0.1, 0.15) is 142 Å². The first-order chi connectivity index (χ1) is 28.4. The number of carbonyl (C=O) groups is 2. The molecule has 0 saturated heterocycles. The zero-order chi connectivity index (χ0) is 43.6. The first-order valence-corrected chi connectivity index (χ1v) is 23.3. The lowest BCUT2D eigenvalue weighted by Crippen LogP contribution is -2.64. The minimum absolute atomic E-state index is 0.0599. The molecule has 0 radical (unpaired) electrons. The number of carbonyl (C=O) groups excluding carboxylic acids is 2. The van der Waals surface area contributed by atoms with Crippen molar-refractivity contribution in [3.63, 3.8) is 0 Å². The molecule has 13 nitrogen and oxygen atoms in total. The van der Waals surface area contributed by atoms with Gasteiger partial charge in [-0.1, -0.05) is 138 Å². The fourth-order valence-corrected chi connectivity index (χ4v) is 7.06. The number of ether oxygens (including phenoxy) is 2. The molecule has 1 aliphatic rings. The molecule has 1 aliphatic carbocycles. The third kappa shape index (κ3) is 27.7. The average Bonchev–Trinajstić information content (AvgIpc) is 3.21. The predicted molar refractivity (Wildman–Crippen MR) is 230 cm³/mol. The van der Waals surface area contributed by atoms with E-state index in [1.807, 2.05) is 36.5 Å². The van der Waals surface area contributed by atoms with Crippen LogP contribution in [0.15, 0.2) is 72.9 Å². The summed E-state index contributed by atoms with van der Waals surface area (Å²) in [6, 6.07) is 0. The zero-order valence-electron chi connectivity index (χ0n) is 35.5. The van der Waals surface area contributed by atoms with Crippen molar-refractivity contribution in [3.05, 3.63) is 72.9 Å². The number of unbranched alkanes of at least 4 members (excludes halogenated alkanes) is 13. The van der Waals surface area contributed by atoms with Crippen LogP contribution in [0.4, 0.5) is 0 Å². The number of aliphatic hydroxyl groups excluding tert-OH is 5. The Bertz CT molecular complexity index is 1310. The lowest BCUT2D eigenvalue weighted by Gasteiger charge is -2.41. The molecule has 338 valence electrons. The van der Waals surface area contributed by atoms with Crippen molar-refractivity contribution >= 4 is 19.8 Å². The SMILES string of the molecule is CC/C=C/C=C/C=C/C=C/CCCCCCCC(=O)O[C@H](COC(=O)CCCC/C=C/C/C=C/CCCCCCCC)COP(=O)(O)OC1C(O)C(O)C(O)[C@@H](O)C1O. The van der Waals surface area contributed by atoms with Crippen molar-refractivity contribution < 1.29 is 63.1 Å². The van der Waals surface area contributed by atoms with Gasteiger partial charge < -0.3 is 39.9 Å². The van der Waals surface area contributed by atoms with Crippen LogP contribution >= 0.6 is 7.82 Å². The maximum atomic E-state index is 12.8. The van der Waals surface area contributed by atoms with Gasteiger partial charge in [0.05, 0.1) is 6.61 Å². The molecular weight excluding hydrogens is 779 g/mol. The van der Waals surface area contributed by atoms with Gasteiger partial charge in [-0.3, -0.25) is 18.6 Å². The number of phosphoric acid groups is 1. The van der Waals surface area contributed by atoms with Gasteiger partial charge in [-0.15, -0.1) is 0 Å². The number of phosphoric ester groups is 1. The molecule has 59 heavy (non-hydrogen) atoms. The van der Waals surface area contributed by atoms with Gasteiger partial charge >= 0.3 is 19.8 Å². The molecule has 8 atom stereocenters. The second-order valence-electron chi connectivity index (χ2n) is 14.9. The topological polar surface area (TPSA) is 210 Å². The van der Waals surface area contributed by atoms with Gasteiger partial charge in [0.15, 0.2) is 6.10 Å². The summed E-state index contributed by atoms with van der Waals surface area (Å²) in [5, 5.41) is 50.1. The summed E-state index contributed by atoms with van der Waals surface area (Å²) in [7, 11) is -5.13. The molecule has 0 bridgehead atoms. The summed E-state index contributed by atoms with van der Waals surface area (Å²) in [6.07, 6.45) is 29.6. The molecule has 0 aromatic rings. The Morgan fingerprint density at radius 3 is 1.64 bits per heavy atom. The average molecular weight is 855 g/mol. The number of hydrogen-bond acceptors (Lipinski definition) is 12. The maximum absolute atomic E-state index is 12.8. The zero-order valence-corrected chi connectivity index (χ0v) is 36.4. The maximum Gasteiger partial charge on any atom is 0.472 e. The molecule has 0 aromatic carbocycles. The Morgan fingerprint density at radius 2 is 1.03 bits per heavy atom. The highest BCUT2D eigenvalue weighted by atomic mass is 31.2. The Kier molecular flexibility index (Phi) is 32.2. The number of hydrogen-bond donors (Lipinski definition) is 6. The normalized spacial score (nSPS) is 23.1. The predicted octanol–water partition coefficient (Wildman–Crippen LogP) is 7.94. The van der Waals surface area contributed by atoms with Crippen LogP contribution in [0, 0.1) is 0 Å². The number of rotatable bonds is 34. The summed E-state index contributed by atoms with van der Waals surface area (Å²) in [6.45, 7) is 3.08. The van der Waals surface area contributed by atoms with Crippen molar-refractivity contribution in [2.45, 2.75) is 185 Å². The molecular formula is C45H75O13P. The Labute approximate surface area is 353 Å². The third-order valence-corrected chi connectivity index (χ3v) is 10.6. The van der Waals surface area contributed by atoms with Gasteiger partial charge in [-0.2, -0.15) is 0 Å². The van der Waals surface area contributed by atoms with E-state index in [0.717, 1.165) is 64.2 Å². The first kappa shape index (κ1) is 54.3. The smallest absolute Gasteiger partial charge is 0.462 e. The van der Waals surface area contributed by atoms with E-state index in [9.17, 15) is 44.6 Å². The monoisotopic (exact) mass is 854 g/mol. The quantitative estimate of drug-likeness (QED) is 0.0120. The molecule has 6 N–H and O–H groups in total. The summed E-state index contributed by atoms with van der Waals surface area (Å²) in [5.74, 6) is -1.17. The highest BCUT2D eigenvalue weighted by Gasteiger charge is 2.51. The fourth-order valence-electron chi connectivity index (χ4n) is 6.09. The largest absolute Gasteiger partial charge is 0.472 e. The van der Waals surface area contributed by atoms with E-state index >= 15 is 0 Å². The van der Waals surface area contributed by atoms with Crippen molar-refractivity contribution in [1.29, 1.82) is 0 Å². The minimum Gasteiger partial charge on any atom is -0.462 e. The first-order valence-electron chi connectivity index (χ1n) is 21.8. The molecule has 1 fully saturated rings. The van der Waals surface area contributed by atoms with Crippen molar-refractivity contribution in [2.75, 3.05) is 13.2 Å². The van der Waals surface area contributed by atoms with E-state index in [2.05, 4.69) is 50.3 Å². The van der Waals surface area contributed by atoms with Gasteiger partial charge in [0.25, 0.3) is 0 Å². The minimum atomic E-state index is -5.13. The van der Waals surface area contributed by atoms with Crippen LogP contribution in [-0.4, -0.2) is 98.3 Å². The lowest BCUT2D eigenvalue weighted by molar-refractivity contribution is -0.220. The van der Waals surface area contributed by atoms with Crippen LogP contribution in [0.2, 0.25) is 0 Å². The van der Waals surface area contributed by atoms with Crippen LogP contribution in [0.5, 0.6) is 0 Å². The Balaban J connectivity index is 2.54. The van der Waals surface area contributed by atoms with Crippen LogP contribution in [0.3, 0.4) is 0 Å². The molecule has 1 rings (SSSR count). The van der Waals surface area contributed by atoms with E-state index in [-0.39, 0.29) is 12.8 Å². The molecule has 0 aromatic heterocycles. The standard InChI is InChI=1S/C45H75O13P/c1-3-5-7-9-11-13-15-17-19-21-23-25-27-29-31-33-38(46)55-35-37(36-56-59(53,54)58-45-43(51)41(49)40(48)42(50)44(45)52)57-39(47)34-32-30-28-26-24-22-20-18-16-14-12-10-8-6-4-2/h6,8,10,12,14,16-20,23,25,37,40-45,48-52H,3-5,7,9,11,13,15,21-22,24,26-36H2,1-2H3,(H,53,54)/b8-6+,12-10+,16-14+,19-17+,20-18+,25-23+/t37-,40?,41-,42?,43?,44?,45?/m1/s1. The van der Waals surface area contributed by atoms with Gasteiger partial charge in [-0.25, -0.2) is 4.57 Å². The summed E-state index contributed by atoms with van der Waals surface area (Å²) >= 11 is 0. The lowest BCUT2D eigenvalue weighted by atomic mass is 9.85. The Hall–Kier alpha value is -2.71. The van der Waals surface area contributed by atoms with Crippen LogP contribution in [0.25, 0.3) is 0 Å². The molecule has 1 saturated carbocycles. The summed E-state index contributed by atoms with van der Waals surface area (Å²) in [5.41, 5.74) is 0. The summed E-state index contributed by atoms with van der Waals surface area (Å²) < 4.78 is 33.4. The summed E-state index contributed by atoms with van der Waals surface area (Å²) in [4.78, 5) is 35.6. The highest BCUT2D eigenvalue weighted by molar-refractivity contribution is 7.47. The second-order valence-corrected chi connectivity index (χ2v) is 16.3. The van der Waals surface area contributed by atoms with E-state index in [0.29, 0.717) is 12.8 Å². The number of allylic oxidation sites excluding steroid dienone is 12. The van der Waals surface area contributed by atoms with E-state index < -0.39 is 75.7 Å². The molecule has 6 unspecified atom stereocenters. The molecule has 14 heteroatoms.